The topological polar surface area (TPSA) is 77.8 Å². The molecule has 0 amide bonds. The van der Waals surface area contributed by atoms with Gasteiger partial charge in [-0.1, -0.05) is 30.3 Å². The van der Waals surface area contributed by atoms with Crippen LogP contribution >= 0.6 is 0 Å². The van der Waals surface area contributed by atoms with Crippen LogP contribution in [0, 0.1) is 6.92 Å². The lowest BCUT2D eigenvalue weighted by Crippen LogP contribution is -2.11. The number of pyridine rings is 1. The second-order valence-corrected chi connectivity index (χ2v) is 4.52. The largest absolute Gasteiger partial charge is 0.419 e. The van der Waals surface area contributed by atoms with Crippen molar-refractivity contribution < 1.29 is 4.42 Å². The van der Waals surface area contributed by atoms with Crippen molar-refractivity contribution in [2.45, 2.75) is 13.0 Å². The second-order valence-electron chi connectivity index (χ2n) is 4.52. The van der Waals surface area contributed by atoms with Crippen LogP contribution in [0.25, 0.3) is 11.5 Å². The maximum atomic E-state index is 6.12. The summed E-state index contributed by atoms with van der Waals surface area (Å²) in [6.07, 6.45) is 1.71. The van der Waals surface area contributed by atoms with E-state index in [2.05, 4.69) is 15.2 Å². The van der Waals surface area contributed by atoms with Gasteiger partial charge in [0.25, 0.3) is 0 Å². The Hall–Kier alpha value is -2.53. The van der Waals surface area contributed by atoms with Crippen LogP contribution in [0.1, 0.15) is 23.2 Å². The molecule has 2 aromatic heterocycles. The molecule has 0 saturated heterocycles. The van der Waals surface area contributed by atoms with Crippen molar-refractivity contribution >= 4 is 0 Å². The summed E-state index contributed by atoms with van der Waals surface area (Å²) < 4.78 is 5.64. The molecular weight excluding hydrogens is 252 g/mol. The van der Waals surface area contributed by atoms with Crippen LogP contribution in [0.5, 0.6) is 0 Å². The van der Waals surface area contributed by atoms with Crippen molar-refractivity contribution in [1.82, 2.24) is 15.2 Å². The van der Waals surface area contributed by atoms with Crippen molar-refractivity contribution in [2.24, 2.45) is 5.73 Å². The first-order valence-electron chi connectivity index (χ1n) is 6.31. The van der Waals surface area contributed by atoms with Gasteiger partial charge in [-0.3, -0.25) is 4.98 Å². The van der Waals surface area contributed by atoms with Gasteiger partial charge in [0.05, 0.1) is 5.56 Å². The second kappa shape index (κ2) is 5.22. The predicted octanol–water partition coefficient (Wildman–Crippen LogP) is 2.49. The minimum atomic E-state index is -0.421. The van der Waals surface area contributed by atoms with E-state index in [4.69, 9.17) is 10.2 Å². The highest BCUT2D eigenvalue weighted by atomic mass is 16.4. The van der Waals surface area contributed by atoms with Gasteiger partial charge >= 0.3 is 0 Å². The van der Waals surface area contributed by atoms with Crippen LogP contribution in [-0.2, 0) is 0 Å². The highest BCUT2D eigenvalue weighted by Gasteiger charge is 2.17. The van der Waals surface area contributed by atoms with E-state index in [9.17, 15) is 0 Å². The first-order chi connectivity index (χ1) is 9.74. The third kappa shape index (κ3) is 2.44. The Morgan fingerprint density at radius 1 is 1.05 bits per heavy atom. The number of hydrogen-bond acceptors (Lipinski definition) is 5. The SMILES string of the molecule is Cc1ccc(-c2nnc(C(N)c3ccccc3)o2)cn1. The fourth-order valence-corrected chi connectivity index (χ4v) is 1.87. The molecule has 5 heteroatoms. The molecule has 0 bridgehead atoms. The molecule has 0 aliphatic heterocycles. The average Bonchev–Trinajstić information content (AvgIpc) is 2.98. The molecule has 1 unspecified atom stereocenters. The fourth-order valence-electron chi connectivity index (χ4n) is 1.87. The summed E-state index contributed by atoms with van der Waals surface area (Å²) >= 11 is 0. The predicted molar refractivity (Wildman–Crippen MR) is 74.7 cm³/mol. The number of rotatable bonds is 3. The standard InChI is InChI=1S/C15H14N4O/c1-10-7-8-12(9-17-10)14-18-19-15(20-14)13(16)11-5-3-2-4-6-11/h2-9,13H,16H2,1H3. The average molecular weight is 266 g/mol. The van der Waals surface area contributed by atoms with Crippen molar-refractivity contribution in [3.05, 3.63) is 65.8 Å². The van der Waals surface area contributed by atoms with E-state index in [1.165, 1.54) is 0 Å². The number of aromatic nitrogens is 3. The van der Waals surface area contributed by atoms with Gasteiger partial charge in [-0.05, 0) is 24.6 Å². The molecule has 3 aromatic rings. The lowest BCUT2D eigenvalue weighted by Gasteiger charge is -2.06. The van der Waals surface area contributed by atoms with E-state index in [1.54, 1.807) is 6.20 Å². The number of hydrogen-bond donors (Lipinski definition) is 1. The van der Waals surface area contributed by atoms with E-state index in [-0.39, 0.29) is 0 Å². The van der Waals surface area contributed by atoms with Gasteiger partial charge in [0, 0.05) is 11.9 Å². The number of nitrogens with zero attached hydrogens (tertiary/aromatic N) is 3. The van der Waals surface area contributed by atoms with Crippen molar-refractivity contribution in [1.29, 1.82) is 0 Å². The van der Waals surface area contributed by atoms with Crippen molar-refractivity contribution in [3.8, 4) is 11.5 Å². The van der Waals surface area contributed by atoms with Gasteiger partial charge in [0.2, 0.25) is 11.8 Å². The van der Waals surface area contributed by atoms with E-state index >= 15 is 0 Å². The molecule has 1 aromatic carbocycles. The summed E-state index contributed by atoms with van der Waals surface area (Å²) in [5.74, 6) is 0.825. The van der Waals surface area contributed by atoms with E-state index in [0.29, 0.717) is 11.8 Å². The summed E-state index contributed by atoms with van der Waals surface area (Å²) in [6.45, 7) is 1.92. The fraction of sp³-hybridized carbons (Fsp3) is 0.133. The molecule has 1 atom stereocenters. The lowest BCUT2D eigenvalue weighted by molar-refractivity contribution is 0.484. The number of benzene rings is 1. The molecule has 100 valence electrons. The summed E-state index contributed by atoms with van der Waals surface area (Å²) in [5.41, 5.74) is 8.78. The zero-order chi connectivity index (χ0) is 13.9. The first kappa shape index (κ1) is 12.5. The molecule has 0 spiro atoms. The Balaban J connectivity index is 1.89. The van der Waals surface area contributed by atoms with E-state index in [0.717, 1.165) is 16.8 Å². The Labute approximate surface area is 116 Å². The third-order valence-electron chi connectivity index (χ3n) is 3.02. The van der Waals surface area contributed by atoms with Crippen LogP contribution in [0.2, 0.25) is 0 Å². The summed E-state index contributed by atoms with van der Waals surface area (Å²) in [7, 11) is 0. The van der Waals surface area contributed by atoms with Crippen molar-refractivity contribution in [2.75, 3.05) is 0 Å². The molecule has 0 fully saturated rings. The Morgan fingerprint density at radius 3 is 2.55 bits per heavy atom. The normalized spacial score (nSPS) is 12.3. The van der Waals surface area contributed by atoms with Gasteiger partial charge in [-0.25, -0.2) is 0 Å². The van der Waals surface area contributed by atoms with Crippen molar-refractivity contribution in [3.63, 3.8) is 0 Å². The van der Waals surface area contributed by atoms with Crippen LogP contribution in [-0.4, -0.2) is 15.2 Å². The number of aryl methyl sites for hydroxylation is 1. The zero-order valence-electron chi connectivity index (χ0n) is 11.0. The van der Waals surface area contributed by atoms with Gasteiger partial charge < -0.3 is 10.2 Å². The molecule has 3 rings (SSSR count). The van der Waals surface area contributed by atoms with E-state index < -0.39 is 6.04 Å². The van der Waals surface area contributed by atoms with Crippen LogP contribution < -0.4 is 5.73 Å². The molecular formula is C15H14N4O. The molecule has 2 heterocycles. The smallest absolute Gasteiger partial charge is 0.249 e. The van der Waals surface area contributed by atoms with Crippen LogP contribution in [0.4, 0.5) is 0 Å². The minimum Gasteiger partial charge on any atom is -0.419 e. The van der Waals surface area contributed by atoms with Gasteiger partial charge in [-0.15, -0.1) is 10.2 Å². The Bertz CT molecular complexity index is 691. The molecule has 5 nitrogen and oxygen atoms in total. The zero-order valence-corrected chi connectivity index (χ0v) is 11.0. The van der Waals surface area contributed by atoms with Crippen LogP contribution in [0.15, 0.2) is 53.1 Å². The summed E-state index contributed by atoms with van der Waals surface area (Å²) in [5, 5.41) is 8.05. The van der Waals surface area contributed by atoms with Crippen LogP contribution in [0.3, 0.4) is 0 Å². The monoisotopic (exact) mass is 266 g/mol. The molecule has 20 heavy (non-hydrogen) atoms. The molecule has 0 aliphatic rings. The molecule has 0 saturated carbocycles. The van der Waals surface area contributed by atoms with Gasteiger partial charge in [0.15, 0.2) is 0 Å². The first-order valence-corrected chi connectivity index (χ1v) is 6.31. The summed E-state index contributed by atoms with van der Waals surface area (Å²) in [4.78, 5) is 4.21. The van der Waals surface area contributed by atoms with Gasteiger partial charge in [0.1, 0.15) is 6.04 Å². The molecule has 0 aliphatic carbocycles. The lowest BCUT2D eigenvalue weighted by atomic mass is 10.1. The summed E-state index contributed by atoms with van der Waals surface area (Å²) in [6, 6.07) is 13.0. The number of nitrogens with two attached hydrogens (primary N) is 1. The third-order valence-corrected chi connectivity index (χ3v) is 3.02. The molecule has 2 N–H and O–H groups in total. The minimum absolute atomic E-state index is 0.395. The highest BCUT2D eigenvalue weighted by Crippen LogP contribution is 2.22. The maximum absolute atomic E-state index is 6.12. The quantitative estimate of drug-likeness (QED) is 0.788. The Morgan fingerprint density at radius 2 is 1.85 bits per heavy atom. The van der Waals surface area contributed by atoms with Gasteiger partial charge in [-0.2, -0.15) is 0 Å². The van der Waals surface area contributed by atoms with E-state index in [1.807, 2.05) is 49.4 Å². The molecule has 0 radical (unpaired) electrons. The highest BCUT2D eigenvalue weighted by molar-refractivity contribution is 5.50. The Kier molecular flexibility index (Phi) is 3.26. The maximum Gasteiger partial charge on any atom is 0.249 e.